The summed E-state index contributed by atoms with van der Waals surface area (Å²) >= 11 is 0. The Hall–Kier alpha value is -3.42. The molecular weight excluding hydrogens is 336 g/mol. The van der Waals surface area contributed by atoms with Crippen molar-refractivity contribution in [2.45, 2.75) is 19.6 Å². The first-order chi connectivity index (χ1) is 12.8. The van der Waals surface area contributed by atoms with Crippen LogP contribution >= 0.6 is 0 Å². The number of anilines is 1. The number of carbonyl (C=O) groups excluding carboxylic acids is 1. The minimum absolute atomic E-state index is 0.150. The molecule has 0 saturated carbocycles. The van der Waals surface area contributed by atoms with Crippen LogP contribution in [-0.2, 0) is 0 Å². The van der Waals surface area contributed by atoms with E-state index in [4.69, 9.17) is 13.9 Å². The van der Waals surface area contributed by atoms with Crippen molar-refractivity contribution in [3.05, 3.63) is 47.9 Å². The van der Waals surface area contributed by atoms with Gasteiger partial charge in [-0.3, -0.25) is 4.79 Å². The number of hydrogen-bond donors (Lipinski definition) is 1. The van der Waals surface area contributed by atoms with Crippen LogP contribution in [0.2, 0.25) is 0 Å². The SMILES string of the molecule is CCCOc1nnc2c(n1)OC(c1ccc(C=O)o1)Nc1ccccc1-2. The maximum atomic E-state index is 10.9. The molecule has 0 aliphatic carbocycles. The van der Waals surface area contributed by atoms with Crippen molar-refractivity contribution in [3.8, 4) is 23.1 Å². The number of carbonyl (C=O) groups is 1. The molecule has 0 fully saturated rings. The maximum absolute atomic E-state index is 10.9. The number of para-hydroxylation sites is 1. The quantitative estimate of drug-likeness (QED) is 0.699. The molecule has 1 aliphatic rings. The highest BCUT2D eigenvalue weighted by Gasteiger charge is 2.28. The molecule has 2 aromatic heterocycles. The Balaban J connectivity index is 1.78. The molecule has 26 heavy (non-hydrogen) atoms. The van der Waals surface area contributed by atoms with Crippen molar-refractivity contribution in [2.24, 2.45) is 0 Å². The zero-order valence-corrected chi connectivity index (χ0v) is 14.0. The monoisotopic (exact) mass is 352 g/mol. The van der Waals surface area contributed by atoms with Crippen LogP contribution in [0.5, 0.6) is 11.9 Å². The van der Waals surface area contributed by atoms with Crippen molar-refractivity contribution in [1.29, 1.82) is 0 Å². The Labute approximate surface area is 149 Å². The number of nitrogens with one attached hydrogen (secondary N) is 1. The molecule has 1 unspecified atom stereocenters. The number of fused-ring (bicyclic) bond motifs is 3. The molecule has 8 heteroatoms. The van der Waals surface area contributed by atoms with Crippen molar-refractivity contribution in [2.75, 3.05) is 11.9 Å². The fraction of sp³-hybridized carbons (Fsp3) is 0.222. The van der Waals surface area contributed by atoms with Gasteiger partial charge in [-0.1, -0.05) is 30.2 Å². The van der Waals surface area contributed by atoms with E-state index in [0.29, 0.717) is 24.3 Å². The standard InChI is InChI=1S/C18H16N4O4/c1-2-9-24-18-20-17-15(21-22-18)12-5-3-4-6-13(12)19-16(26-17)14-8-7-11(10-23)25-14/h3-8,10,16,19H,2,9H2,1H3. The zero-order valence-electron chi connectivity index (χ0n) is 14.0. The van der Waals surface area contributed by atoms with E-state index < -0.39 is 6.23 Å². The summed E-state index contributed by atoms with van der Waals surface area (Å²) in [5, 5.41) is 11.5. The van der Waals surface area contributed by atoms with Crippen molar-refractivity contribution in [1.82, 2.24) is 15.2 Å². The summed E-state index contributed by atoms with van der Waals surface area (Å²) in [7, 11) is 0. The molecule has 8 nitrogen and oxygen atoms in total. The number of rotatable bonds is 5. The van der Waals surface area contributed by atoms with Gasteiger partial charge in [-0.2, -0.15) is 4.98 Å². The van der Waals surface area contributed by atoms with Gasteiger partial charge < -0.3 is 19.2 Å². The number of ether oxygens (including phenoxy) is 2. The summed E-state index contributed by atoms with van der Waals surface area (Å²) in [4.78, 5) is 15.3. The largest absolute Gasteiger partial charge is 0.462 e. The van der Waals surface area contributed by atoms with Crippen LogP contribution in [0, 0.1) is 0 Å². The second-order valence-electron chi connectivity index (χ2n) is 5.64. The summed E-state index contributed by atoms with van der Waals surface area (Å²) in [5.74, 6) is 0.943. The Morgan fingerprint density at radius 1 is 1.23 bits per heavy atom. The van der Waals surface area contributed by atoms with E-state index >= 15 is 0 Å². The minimum atomic E-state index is -0.679. The molecule has 132 valence electrons. The lowest BCUT2D eigenvalue weighted by molar-refractivity contribution is 0.109. The van der Waals surface area contributed by atoms with Gasteiger partial charge in [0.15, 0.2) is 23.5 Å². The number of benzene rings is 1. The van der Waals surface area contributed by atoms with Gasteiger partial charge in [0.2, 0.25) is 12.1 Å². The molecule has 1 aromatic carbocycles. The van der Waals surface area contributed by atoms with Crippen LogP contribution in [0.25, 0.3) is 11.3 Å². The number of aromatic nitrogens is 3. The van der Waals surface area contributed by atoms with Gasteiger partial charge in [0.05, 0.1) is 6.61 Å². The first-order valence-electron chi connectivity index (χ1n) is 8.23. The molecule has 0 radical (unpaired) electrons. The van der Waals surface area contributed by atoms with E-state index in [2.05, 4.69) is 20.5 Å². The predicted octanol–water partition coefficient (Wildman–Crippen LogP) is 3.24. The average molecular weight is 352 g/mol. The molecular formula is C18H16N4O4. The topological polar surface area (TPSA) is 99.4 Å². The van der Waals surface area contributed by atoms with Crippen molar-refractivity contribution >= 4 is 12.0 Å². The van der Waals surface area contributed by atoms with Crippen LogP contribution in [0.15, 0.2) is 40.8 Å². The molecule has 0 bridgehead atoms. The van der Waals surface area contributed by atoms with Gasteiger partial charge in [0, 0.05) is 11.3 Å². The van der Waals surface area contributed by atoms with Gasteiger partial charge in [0.25, 0.3) is 0 Å². The smallest absolute Gasteiger partial charge is 0.339 e. The van der Waals surface area contributed by atoms with Crippen molar-refractivity contribution < 1.29 is 18.7 Å². The minimum Gasteiger partial charge on any atom is -0.462 e. The summed E-state index contributed by atoms with van der Waals surface area (Å²) in [6.45, 7) is 2.48. The van der Waals surface area contributed by atoms with Gasteiger partial charge in [0.1, 0.15) is 0 Å². The number of aldehydes is 1. The predicted molar refractivity (Wildman–Crippen MR) is 92.1 cm³/mol. The maximum Gasteiger partial charge on any atom is 0.339 e. The lowest BCUT2D eigenvalue weighted by Crippen LogP contribution is -2.16. The van der Waals surface area contributed by atoms with Gasteiger partial charge >= 0.3 is 6.01 Å². The van der Waals surface area contributed by atoms with Crippen LogP contribution < -0.4 is 14.8 Å². The number of furan rings is 1. The van der Waals surface area contributed by atoms with Gasteiger partial charge in [-0.15, -0.1) is 5.10 Å². The van der Waals surface area contributed by atoms with E-state index in [-0.39, 0.29) is 17.7 Å². The third-order valence-electron chi connectivity index (χ3n) is 3.79. The molecule has 1 aliphatic heterocycles. The summed E-state index contributed by atoms with van der Waals surface area (Å²) in [6, 6.07) is 11.0. The van der Waals surface area contributed by atoms with Crippen molar-refractivity contribution in [3.63, 3.8) is 0 Å². The third kappa shape index (κ3) is 2.97. The van der Waals surface area contributed by atoms with E-state index in [1.807, 2.05) is 31.2 Å². The van der Waals surface area contributed by atoms with E-state index in [1.54, 1.807) is 12.1 Å². The Morgan fingerprint density at radius 2 is 2.12 bits per heavy atom. The third-order valence-corrected chi connectivity index (χ3v) is 3.79. The first kappa shape index (κ1) is 16.1. The lowest BCUT2D eigenvalue weighted by atomic mass is 10.1. The Morgan fingerprint density at radius 3 is 2.92 bits per heavy atom. The number of nitrogens with zero attached hydrogens (tertiary/aromatic N) is 3. The summed E-state index contributed by atoms with van der Waals surface area (Å²) < 4.78 is 16.9. The lowest BCUT2D eigenvalue weighted by Gasteiger charge is -2.16. The highest BCUT2D eigenvalue weighted by molar-refractivity contribution is 5.79. The zero-order chi connectivity index (χ0) is 17.9. The van der Waals surface area contributed by atoms with Crippen LogP contribution in [0.4, 0.5) is 5.69 Å². The second-order valence-corrected chi connectivity index (χ2v) is 5.64. The first-order valence-corrected chi connectivity index (χ1v) is 8.23. The Kier molecular flexibility index (Phi) is 4.22. The summed E-state index contributed by atoms with van der Waals surface area (Å²) in [6.07, 6.45) is 0.791. The second kappa shape index (κ2) is 6.83. The van der Waals surface area contributed by atoms with E-state index in [1.165, 1.54) is 0 Å². The molecule has 1 N–H and O–H groups in total. The molecule has 1 atom stereocenters. The molecule has 3 aromatic rings. The summed E-state index contributed by atoms with van der Waals surface area (Å²) in [5.41, 5.74) is 2.09. The number of hydrogen-bond acceptors (Lipinski definition) is 8. The molecule has 0 spiro atoms. The highest BCUT2D eigenvalue weighted by Crippen LogP contribution is 2.39. The molecule has 0 amide bonds. The fourth-order valence-corrected chi connectivity index (χ4v) is 2.60. The van der Waals surface area contributed by atoms with Gasteiger partial charge in [-0.05, 0) is 24.6 Å². The fourth-order valence-electron chi connectivity index (χ4n) is 2.60. The van der Waals surface area contributed by atoms with Crippen LogP contribution in [-0.4, -0.2) is 28.1 Å². The van der Waals surface area contributed by atoms with E-state index in [0.717, 1.165) is 17.7 Å². The van der Waals surface area contributed by atoms with Crippen LogP contribution in [0.3, 0.4) is 0 Å². The highest BCUT2D eigenvalue weighted by atomic mass is 16.5. The van der Waals surface area contributed by atoms with Gasteiger partial charge in [-0.25, -0.2) is 0 Å². The van der Waals surface area contributed by atoms with Crippen LogP contribution in [0.1, 0.15) is 35.9 Å². The molecule has 0 saturated heterocycles. The average Bonchev–Trinajstić information content (AvgIpc) is 3.09. The Bertz CT molecular complexity index is 940. The molecule has 3 heterocycles. The molecule has 4 rings (SSSR count). The van der Waals surface area contributed by atoms with E-state index in [9.17, 15) is 4.79 Å². The normalized spacial score (nSPS) is 15.0.